The molecule has 1 aromatic rings. The minimum Gasteiger partial charge on any atom is -0.490 e. The smallest absolute Gasteiger partial charge is 0.181 e. The molecule has 3 heteroatoms. The molecule has 0 aliphatic carbocycles. The van der Waals surface area contributed by atoms with Crippen LogP contribution in [0.1, 0.15) is 50.5 Å². The molecular formula is C15H21ClO2. The molecule has 0 atom stereocenters. The van der Waals surface area contributed by atoms with Crippen molar-refractivity contribution >= 4 is 17.4 Å². The monoisotopic (exact) mass is 268 g/mol. The van der Waals surface area contributed by atoms with E-state index >= 15 is 0 Å². The molecule has 0 saturated heterocycles. The Morgan fingerprint density at radius 3 is 2.39 bits per heavy atom. The highest BCUT2D eigenvalue weighted by Gasteiger charge is 2.19. The predicted octanol–water partition coefficient (Wildman–Crippen LogP) is 4.19. The third-order valence-electron chi connectivity index (χ3n) is 2.63. The average molecular weight is 269 g/mol. The number of hydrogen-bond acceptors (Lipinski definition) is 2. The van der Waals surface area contributed by atoms with E-state index in [1.54, 1.807) is 0 Å². The number of hydrogen-bond donors (Lipinski definition) is 0. The molecule has 1 rings (SSSR count). The van der Waals surface area contributed by atoms with E-state index in [9.17, 15) is 4.79 Å². The van der Waals surface area contributed by atoms with Gasteiger partial charge in [0.05, 0.1) is 17.5 Å². The number of alkyl halides is 1. The maximum absolute atomic E-state index is 11.9. The molecule has 0 amide bonds. The van der Waals surface area contributed by atoms with Crippen molar-refractivity contribution in [3.8, 4) is 5.75 Å². The van der Waals surface area contributed by atoms with Gasteiger partial charge in [0.1, 0.15) is 5.75 Å². The zero-order chi connectivity index (χ0) is 13.9. The maximum atomic E-state index is 11.9. The highest BCUT2D eigenvalue weighted by Crippen LogP contribution is 2.29. The summed E-state index contributed by atoms with van der Waals surface area (Å²) in [6, 6.07) is 5.76. The van der Waals surface area contributed by atoms with Gasteiger partial charge in [-0.3, -0.25) is 4.79 Å². The molecule has 0 N–H and O–H groups in total. The Kier molecular flexibility index (Phi) is 4.80. The van der Waals surface area contributed by atoms with Crippen molar-refractivity contribution in [3.63, 3.8) is 0 Å². The van der Waals surface area contributed by atoms with Crippen LogP contribution in [0.25, 0.3) is 0 Å². The van der Waals surface area contributed by atoms with Crippen molar-refractivity contribution in [1.82, 2.24) is 0 Å². The van der Waals surface area contributed by atoms with Gasteiger partial charge in [-0.15, -0.1) is 11.6 Å². The molecule has 0 aliphatic heterocycles. The first-order chi connectivity index (χ1) is 8.25. The molecule has 0 aromatic heterocycles. The van der Waals surface area contributed by atoms with Crippen LogP contribution in [0.5, 0.6) is 5.75 Å². The maximum Gasteiger partial charge on any atom is 0.181 e. The summed E-state index contributed by atoms with van der Waals surface area (Å²) in [6.07, 6.45) is 0.0346. The van der Waals surface area contributed by atoms with Gasteiger partial charge in [-0.25, -0.2) is 0 Å². The van der Waals surface area contributed by atoms with Crippen molar-refractivity contribution in [1.29, 1.82) is 0 Å². The van der Waals surface area contributed by atoms with Gasteiger partial charge >= 0.3 is 0 Å². The summed E-state index contributed by atoms with van der Waals surface area (Å²) in [5.74, 6) is 0.490. The van der Waals surface area contributed by atoms with Gasteiger partial charge in [-0.1, -0.05) is 26.8 Å². The van der Waals surface area contributed by atoms with Crippen LogP contribution in [-0.4, -0.2) is 17.8 Å². The molecule has 0 spiro atoms. The quantitative estimate of drug-likeness (QED) is 0.604. The van der Waals surface area contributed by atoms with Crippen LogP contribution in [0, 0.1) is 0 Å². The van der Waals surface area contributed by atoms with Crippen LogP contribution in [0.4, 0.5) is 0 Å². The molecule has 0 unspecified atom stereocenters. The molecule has 0 saturated carbocycles. The normalized spacial score (nSPS) is 11.7. The lowest BCUT2D eigenvalue weighted by molar-refractivity contribution is 0.101. The number of ketones is 1. The molecule has 0 radical (unpaired) electrons. The number of rotatable bonds is 4. The number of carbonyl (C=O) groups is 1. The van der Waals surface area contributed by atoms with Crippen molar-refractivity contribution in [2.24, 2.45) is 0 Å². The number of Topliss-reactive ketones (excluding diaryl/α,β-unsaturated/α-hetero) is 1. The summed E-state index contributed by atoms with van der Waals surface area (Å²) in [4.78, 5) is 11.9. The van der Waals surface area contributed by atoms with Crippen LogP contribution in [0.15, 0.2) is 18.2 Å². The fourth-order valence-corrected chi connectivity index (χ4v) is 1.79. The van der Waals surface area contributed by atoms with Crippen LogP contribution < -0.4 is 4.74 Å². The van der Waals surface area contributed by atoms with Gasteiger partial charge in [-0.2, -0.15) is 0 Å². The SMILES string of the molecule is CC(C)Oc1ccc(C(C)(C)C)cc1C(=O)CCl. The molecular weight excluding hydrogens is 248 g/mol. The summed E-state index contributed by atoms with van der Waals surface area (Å²) < 4.78 is 5.66. The summed E-state index contributed by atoms with van der Waals surface area (Å²) in [5, 5.41) is 0. The summed E-state index contributed by atoms with van der Waals surface area (Å²) >= 11 is 5.66. The van der Waals surface area contributed by atoms with Crippen LogP contribution in [0.3, 0.4) is 0 Å². The Hall–Kier alpha value is -1.02. The summed E-state index contributed by atoms with van der Waals surface area (Å²) in [7, 11) is 0. The lowest BCUT2D eigenvalue weighted by Crippen LogP contribution is -2.15. The zero-order valence-electron chi connectivity index (χ0n) is 11.7. The second-order valence-electron chi connectivity index (χ2n) is 5.68. The standard InChI is InChI=1S/C15H21ClO2/c1-10(2)18-14-7-6-11(15(3,4)5)8-12(14)13(17)9-16/h6-8,10H,9H2,1-5H3. The number of halogens is 1. The predicted molar refractivity (Wildman–Crippen MR) is 76.0 cm³/mol. The van der Waals surface area contributed by atoms with Crippen molar-refractivity contribution in [3.05, 3.63) is 29.3 Å². The first kappa shape index (κ1) is 15.0. The first-order valence-electron chi connectivity index (χ1n) is 6.16. The Balaban J connectivity index is 3.25. The summed E-state index contributed by atoms with van der Waals surface area (Å²) in [5.41, 5.74) is 1.68. The lowest BCUT2D eigenvalue weighted by Gasteiger charge is -2.21. The minimum absolute atomic E-state index is 0.00228. The van der Waals surface area contributed by atoms with Crippen LogP contribution in [-0.2, 0) is 5.41 Å². The summed E-state index contributed by atoms with van der Waals surface area (Å²) in [6.45, 7) is 10.2. The highest BCUT2D eigenvalue weighted by atomic mass is 35.5. The van der Waals surface area contributed by atoms with Gasteiger partial charge in [0.25, 0.3) is 0 Å². The Morgan fingerprint density at radius 1 is 1.33 bits per heavy atom. The van der Waals surface area contributed by atoms with Gasteiger partial charge in [0.2, 0.25) is 0 Å². The fourth-order valence-electron chi connectivity index (χ4n) is 1.64. The molecule has 0 aliphatic rings. The van der Waals surface area contributed by atoms with Gasteiger partial charge in [0, 0.05) is 0 Å². The van der Waals surface area contributed by atoms with Gasteiger partial charge in [-0.05, 0) is 37.0 Å². The molecule has 0 fully saturated rings. The molecule has 0 heterocycles. The Labute approximate surface area is 114 Å². The Bertz CT molecular complexity index is 431. The third kappa shape index (κ3) is 3.74. The van der Waals surface area contributed by atoms with Crippen LogP contribution >= 0.6 is 11.6 Å². The van der Waals surface area contributed by atoms with E-state index in [2.05, 4.69) is 20.8 Å². The lowest BCUT2D eigenvalue weighted by atomic mass is 9.85. The highest BCUT2D eigenvalue weighted by molar-refractivity contribution is 6.30. The van der Waals surface area contributed by atoms with E-state index < -0.39 is 0 Å². The van der Waals surface area contributed by atoms with Crippen molar-refractivity contribution in [2.75, 3.05) is 5.88 Å². The number of carbonyl (C=O) groups excluding carboxylic acids is 1. The topological polar surface area (TPSA) is 26.3 Å². The van der Waals surface area contributed by atoms with E-state index in [4.69, 9.17) is 16.3 Å². The van der Waals surface area contributed by atoms with Gasteiger partial charge in [0.15, 0.2) is 5.78 Å². The minimum atomic E-state index is -0.0987. The van der Waals surface area contributed by atoms with E-state index in [-0.39, 0.29) is 23.2 Å². The molecule has 0 bridgehead atoms. The number of ether oxygens (including phenoxy) is 1. The van der Waals surface area contributed by atoms with Crippen molar-refractivity contribution < 1.29 is 9.53 Å². The third-order valence-corrected chi connectivity index (χ3v) is 2.87. The van der Waals surface area contributed by atoms with E-state index in [1.165, 1.54) is 0 Å². The fraction of sp³-hybridized carbons (Fsp3) is 0.533. The molecule has 2 nitrogen and oxygen atoms in total. The second-order valence-corrected chi connectivity index (χ2v) is 5.95. The van der Waals surface area contributed by atoms with E-state index in [1.807, 2.05) is 32.0 Å². The first-order valence-corrected chi connectivity index (χ1v) is 6.69. The molecule has 100 valence electrons. The second kappa shape index (κ2) is 5.75. The van der Waals surface area contributed by atoms with Gasteiger partial charge < -0.3 is 4.74 Å². The van der Waals surface area contributed by atoms with E-state index in [0.29, 0.717) is 11.3 Å². The molecule has 18 heavy (non-hydrogen) atoms. The average Bonchev–Trinajstić information content (AvgIpc) is 2.26. The molecule has 1 aromatic carbocycles. The largest absolute Gasteiger partial charge is 0.490 e. The van der Waals surface area contributed by atoms with E-state index in [0.717, 1.165) is 5.56 Å². The zero-order valence-corrected chi connectivity index (χ0v) is 12.5. The van der Waals surface area contributed by atoms with Crippen molar-refractivity contribution in [2.45, 2.75) is 46.1 Å². The van der Waals surface area contributed by atoms with Crippen LogP contribution in [0.2, 0.25) is 0 Å². The Morgan fingerprint density at radius 2 is 1.94 bits per heavy atom. The number of benzene rings is 1.